The van der Waals surface area contributed by atoms with Crippen molar-refractivity contribution >= 4 is 0 Å². The molecule has 0 spiro atoms. The fourth-order valence-electron chi connectivity index (χ4n) is 0.863. The Morgan fingerprint density at radius 2 is 2.25 bits per heavy atom. The van der Waals surface area contributed by atoms with Crippen molar-refractivity contribution in [3.63, 3.8) is 0 Å². The highest BCUT2D eigenvalue weighted by atomic mass is 16.4. The minimum atomic E-state index is 0.364. The molecule has 0 aliphatic heterocycles. The molecule has 1 heterocycles. The maximum atomic E-state index is 5.39. The van der Waals surface area contributed by atoms with E-state index < -0.39 is 0 Å². The molecule has 0 radical (unpaired) electrons. The Hall–Kier alpha value is -0.900. The van der Waals surface area contributed by atoms with Crippen LogP contribution in [0.3, 0.4) is 0 Å². The molecular weight excluding hydrogens is 154 g/mol. The SMILES string of the molecule is CCC(C)c1nnc(CNC)o1. The van der Waals surface area contributed by atoms with Gasteiger partial charge in [-0.2, -0.15) is 0 Å². The van der Waals surface area contributed by atoms with Crippen molar-refractivity contribution in [1.29, 1.82) is 0 Å². The van der Waals surface area contributed by atoms with E-state index in [-0.39, 0.29) is 0 Å². The topological polar surface area (TPSA) is 51.0 Å². The molecule has 0 aliphatic rings. The zero-order valence-corrected chi connectivity index (χ0v) is 7.79. The number of nitrogens with one attached hydrogen (secondary N) is 1. The molecule has 1 unspecified atom stereocenters. The van der Waals surface area contributed by atoms with E-state index in [0.29, 0.717) is 18.4 Å². The van der Waals surface area contributed by atoms with E-state index >= 15 is 0 Å². The molecule has 0 saturated carbocycles. The summed E-state index contributed by atoms with van der Waals surface area (Å²) in [4.78, 5) is 0. The predicted molar refractivity (Wildman–Crippen MR) is 45.8 cm³/mol. The number of rotatable bonds is 4. The second-order valence-corrected chi connectivity index (χ2v) is 2.87. The smallest absolute Gasteiger partial charge is 0.230 e. The Labute approximate surface area is 72.4 Å². The quantitative estimate of drug-likeness (QED) is 0.738. The lowest BCUT2D eigenvalue weighted by Gasteiger charge is -1.99. The minimum absolute atomic E-state index is 0.364. The lowest BCUT2D eigenvalue weighted by atomic mass is 10.1. The van der Waals surface area contributed by atoms with Gasteiger partial charge in [-0.1, -0.05) is 13.8 Å². The van der Waals surface area contributed by atoms with Gasteiger partial charge in [0, 0.05) is 5.92 Å². The molecular formula is C8H15N3O. The Balaban J connectivity index is 2.63. The van der Waals surface area contributed by atoms with Gasteiger partial charge >= 0.3 is 0 Å². The minimum Gasteiger partial charge on any atom is -0.424 e. The van der Waals surface area contributed by atoms with Crippen LogP contribution < -0.4 is 5.32 Å². The van der Waals surface area contributed by atoms with E-state index in [9.17, 15) is 0 Å². The van der Waals surface area contributed by atoms with Gasteiger partial charge in [-0.15, -0.1) is 10.2 Å². The van der Waals surface area contributed by atoms with E-state index in [1.807, 2.05) is 7.05 Å². The molecule has 0 aromatic carbocycles. The van der Waals surface area contributed by atoms with Crippen molar-refractivity contribution in [2.24, 2.45) is 0 Å². The van der Waals surface area contributed by atoms with Crippen LogP contribution in [-0.2, 0) is 6.54 Å². The van der Waals surface area contributed by atoms with Crippen molar-refractivity contribution < 1.29 is 4.42 Å². The average Bonchev–Trinajstić information content (AvgIpc) is 2.52. The Morgan fingerprint density at radius 3 is 2.83 bits per heavy atom. The molecule has 0 bridgehead atoms. The van der Waals surface area contributed by atoms with Gasteiger partial charge in [0.2, 0.25) is 11.8 Å². The van der Waals surface area contributed by atoms with Gasteiger partial charge < -0.3 is 9.73 Å². The molecule has 4 heteroatoms. The number of hydrogen-bond donors (Lipinski definition) is 1. The maximum absolute atomic E-state index is 5.39. The van der Waals surface area contributed by atoms with Crippen LogP contribution in [0.2, 0.25) is 0 Å². The molecule has 4 nitrogen and oxygen atoms in total. The van der Waals surface area contributed by atoms with E-state index in [4.69, 9.17) is 4.42 Å². The summed E-state index contributed by atoms with van der Waals surface area (Å²) in [7, 11) is 1.85. The first-order valence-electron chi connectivity index (χ1n) is 4.24. The largest absolute Gasteiger partial charge is 0.424 e. The van der Waals surface area contributed by atoms with Crippen molar-refractivity contribution in [3.8, 4) is 0 Å². The number of nitrogens with zero attached hydrogens (tertiary/aromatic N) is 2. The summed E-state index contributed by atoms with van der Waals surface area (Å²) in [6, 6.07) is 0. The van der Waals surface area contributed by atoms with Crippen LogP contribution in [0.4, 0.5) is 0 Å². The first-order valence-corrected chi connectivity index (χ1v) is 4.24. The van der Waals surface area contributed by atoms with Gasteiger partial charge in [0.15, 0.2) is 0 Å². The Bertz CT molecular complexity index is 234. The van der Waals surface area contributed by atoms with Crippen LogP contribution >= 0.6 is 0 Å². The molecule has 0 amide bonds. The molecule has 1 rings (SSSR count). The highest BCUT2D eigenvalue weighted by Crippen LogP contribution is 2.16. The zero-order valence-electron chi connectivity index (χ0n) is 7.79. The third-order valence-electron chi connectivity index (χ3n) is 1.84. The molecule has 0 fully saturated rings. The predicted octanol–water partition coefficient (Wildman–Crippen LogP) is 1.30. The van der Waals surface area contributed by atoms with Crippen molar-refractivity contribution in [2.75, 3.05) is 7.05 Å². The van der Waals surface area contributed by atoms with E-state index in [1.54, 1.807) is 0 Å². The summed E-state index contributed by atoms with van der Waals surface area (Å²) in [5.74, 6) is 1.76. The van der Waals surface area contributed by atoms with Crippen LogP contribution in [0.1, 0.15) is 38.0 Å². The van der Waals surface area contributed by atoms with Gasteiger partial charge in [0.1, 0.15) is 0 Å². The van der Waals surface area contributed by atoms with Gasteiger partial charge in [-0.25, -0.2) is 0 Å². The zero-order chi connectivity index (χ0) is 8.97. The number of hydrogen-bond acceptors (Lipinski definition) is 4. The summed E-state index contributed by atoms with van der Waals surface area (Å²) in [6.45, 7) is 4.83. The fraction of sp³-hybridized carbons (Fsp3) is 0.750. The van der Waals surface area contributed by atoms with Crippen LogP contribution in [0.15, 0.2) is 4.42 Å². The highest BCUT2D eigenvalue weighted by Gasteiger charge is 2.10. The van der Waals surface area contributed by atoms with E-state index in [2.05, 4.69) is 29.4 Å². The summed E-state index contributed by atoms with van der Waals surface area (Å²) in [6.07, 6.45) is 1.03. The Kier molecular flexibility index (Phi) is 3.22. The molecule has 1 aromatic heterocycles. The lowest BCUT2D eigenvalue weighted by molar-refractivity contribution is 0.412. The van der Waals surface area contributed by atoms with Crippen molar-refractivity contribution in [1.82, 2.24) is 15.5 Å². The average molecular weight is 169 g/mol. The van der Waals surface area contributed by atoms with E-state index in [0.717, 1.165) is 12.3 Å². The fourth-order valence-corrected chi connectivity index (χ4v) is 0.863. The van der Waals surface area contributed by atoms with Gasteiger partial charge in [-0.05, 0) is 13.5 Å². The van der Waals surface area contributed by atoms with E-state index in [1.165, 1.54) is 0 Å². The first-order chi connectivity index (χ1) is 5.77. The standard InChI is InChI=1S/C8H15N3O/c1-4-6(2)8-11-10-7(12-8)5-9-3/h6,9H,4-5H2,1-3H3. The second kappa shape index (κ2) is 4.21. The molecule has 0 aliphatic carbocycles. The first kappa shape index (κ1) is 9.19. The summed E-state index contributed by atoms with van der Waals surface area (Å²) >= 11 is 0. The van der Waals surface area contributed by atoms with Crippen LogP contribution in [0.25, 0.3) is 0 Å². The highest BCUT2D eigenvalue weighted by molar-refractivity contribution is 4.88. The van der Waals surface area contributed by atoms with Gasteiger partial charge in [-0.3, -0.25) is 0 Å². The summed E-state index contributed by atoms with van der Waals surface area (Å²) in [5, 5.41) is 10.8. The third-order valence-corrected chi connectivity index (χ3v) is 1.84. The third kappa shape index (κ3) is 2.04. The normalized spacial score (nSPS) is 13.2. The van der Waals surface area contributed by atoms with Crippen molar-refractivity contribution in [3.05, 3.63) is 11.8 Å². The van der Waals surface area contributed by atoms with Crippen LogP contribution in [-0.4, -0.2) is 17.2 Å². The Morgan fingerprint density at radius 1 is 1.50 bits per heavy atom. The molecule has 1 atom stereocenters. The number of aromatic nitrogens is 2. The summed E-state index contributed by atoms with van der Waals surface area (Å²) < 4.78 is 5.39. The van der Waals surface area contributed by atoms with Gasteiger partial charge in [0.05, 0.1) is 6.54 Å². The van der Waals surface area contributed by atoms with Crippen LogP contribution in [0.5, 0.6) is 0 Å². The second-order valence-electron chi connectivity index (χ2n) is 2.87. The summed E-state index contributed by atoms with van der Waals surface area (Å²) in [5.41, 5.74) is 0. The molecule has 1 N–H and O–H groups in total. The lowest BCUT2D eigenvalue weighted by Crippen LogP contribution is -2.04. The molecule has 68 valence electrons. The molecule has 1 aromatic rings. The molecule has 0 saturated heterocycles. The van der Waals surface area contributed by atoms with Crippen LogP contribution in [0, 0.1) is 0 Å². The maximum Gasteiger partial charge on any atom is 0.230 e. The monoisotopic (exact) mass is 169 g/mol. The van der Waals surface area contributed by atoms with Crippen molar-refractivity contribution in [2.45, 2.75) is 32.7 Å². The molecule has 12 heavy (non-hydrogen) atoms. The van der Waals surface area contributed by atoms with Gasteiger partial charge in [0.25, 0.3) is 0 Å².